The molecular formula is C21H22N2O3. The van der Waals surface area contributed by atoms with Gasteiger partial charge in [0.1, 0.15) is 5.75 Å². The summed E-state index contributed by atoms with van der Waals surface area (Å²) in [6, 6.07) is 13.8. The zero-order valence-corrected chi connectivity index (χ0v) is 14.9. The van der Waals surface area contributed by atoms with E-state index in [1.807, 2.05) is 36.4 Å². The second-order valence-corrected chi connectivity index (χ2v) is 7.09. The smallest absolute Gasteiger partial charge is 0.254 e. The molecule has 2 aromatic rings. The molecule has 5 heteroatoms. The topological polar surface area (TPSA) is 67.4 Å². The van der Waals surface area contributed by atoms with E-state index < -0.39 is 0 Å². The second-order valence-electron chi connectivity index (χ2n) is 7.09. The van der Waals surface area contributed by atoms with E-state index in [1.54, 1.807) is 13.1 Å². The number of ether oxygens (including phenoxy) is 1. The van der Waals surface area contributed by atoms with Crippen LogP contribution >= 0.6 is 0 Å². The molecule has 134 valence electrons. The van der Waals surface area contributed by atoms with Crippen LogP contribution in [0.4, 0.5) is 0 Å². The lowest BCUT2D eigenvalue weighted by Crippen LogP contribution is -2.27. The SMILES string of the molecule is CNC(=O)c1cc(C(=O)N[C@H]2C[C@@H]2C)cc2c1OCC2c1ccccc1. The van der Waals surface area contributed by atoms with Gasteiger partial charge in [0.15, 0.2) is 0 Å². The molecule has 0 saturated heterocycles. The van der Waals surface area contributed by atoms with E-state index >= 15 is 0 Å². The molecule has 1 fully saturated rings. The number of benzene rings is 2. The first-order valence-corrected chi connectivity index (χ1v) is 8.97. The molecule has 1 aliphatic heterocycles. The summed E-state index contributed by atoms with van der Waals surface area (Å²) in [6.45, 7) is 2.58. The molecule has 5 nitrogen and oxygen atoms in total. The number of hydrogen-bond donors (Lipinski definition) is 2. The molecule has 2 N–H and O–H groups in total. The maximum Gasteiger partial charge on any atom is 0.254 e. The number of fused-ring (bicyclic) bond motifs is 1. The van der Waals surface area contributed by atoms with E-state index in [1.165, 1.54) is 0 Å². The summed E-state index contributed by atoms with van der Waals surface area (Å²) >= 11 is 0. The Balaban J connectivity index is 1.75. The van der Waals surface area contributed by atoms with Crippen LogP contribution in [-0.4, -0.2) is 31.5 Å². The highest BCUT2D eigenvalue weighted by Gasteiger charge is 2.35. The van der Waals surface area contributed by atoms with Crippen LogP contribution in [0.15, 0.2) is 42.5 Å². The molecule has 0 radical (unpaired) electrons. The molecule has 1 aliphatic carbocycles. The number of nitrogens with one attached hydrogen (secondary N) is 2. The summed E-state index contributed by atoms with van der Waals surface area (Å²) in [4.78, 5) is 25.0. The molecule has 26 heavy (non-hydrogen) atoms. The lowest BCUT2D eigenvalue weighted by molar-refractivity contribution is 0.0949. The Kier molecular flexibility index (Phi) is 4.15. The molecule has 4 rings (SSSR count). The Labute approximate surface area is 152 Å². The van der Waals surface area contributed by atoms with Gasteiger partial charge in [0.25, 0.3) is 11.8 Å². The van der Waals surface area contributed by atoms with Crippen molar-refractivity contribution in [1.82, 2.24) is 10.6 Å². The summed E-state index contributed by atoms with van der Waals surface area (Å²) in [5.41, 5.74) is 2.93. The molecular weight excluding hydrogens is 328 g/mol. The van der Waals surface area contributed by atoms with Gasteiger partial charge >= 0.3 is 0 Å². The molecule has 3 atom stereocenters. The van der Waals surface area contributed by atoms with Crippen molar-refractivity contribution in [2.24, 2.45) is 5.92 Å². The lowest BCUT2D eigenvalue weighted by Gasteiger charge is -2.13. The third-order valence-corrected chi connectivity index (χ3v) is 5.25. The van der Waals surface area contributed by atoms with Crippen LogP contribution in [0.1, 0.15) is 51.1 Å². The monoisotopic (exact) mass is 350 g/mol. The molecule has 0 bridgehead atoms. The normalized spacial score (nSPS) is 22.9. The molecule has 1 heterocycles. The molecule has 1 unspecified atom stereocenters. The zero-order valence-electron chi connectivity index (χ0n) is 14.9. The fraction of sp³-hybridized carbons (Fsp3) is 0.333. The van der Waals surface area contributed by atoms with Crippen molar-refractivity contribution in [3.8, 4) is 5.75 Å². The zero-order chi connectivity index (χ0) is 18.3. The summed E-state index contributed by atoms with van der Waals surface area (Å²) in [5.74, 6) is 0.736. The molecule has 0 spiro atoms. The first-order valence-electron chi connectivity index (χ1n) is 8.97. The molecule has 2 amide bonds. The van der Waals surface area contributed by atoms with E-state index in [0.717, 1.165) is 17.5 Å². The number of hydrogen-bond acceptors (Lipinski definition) is 3. The van der Waals surface area contributed by atoms with Gasteiger partial charge in [0.2, 0.25) is 0 Å². The van der Waals surface area contributed by atoms with Crippen LogP contribution in [0.25, 0.3) is 0 Å². The maximum atomic E-state index is 12.7. The first-order chi connectivity index (χ1) is 12.6. The van der Waals surface area contributed by atoms with E-state index in [4.69, 9.17) is 4.74 Å². The van der Waals surface area contributed by atoms with Gasteiger partial charge in [0, 0.05) is 30.1 Å². The standard InChI is InChI=1S/C21H22N2O3/c1-12-8-18(12)23-20(24)14-9-15-17(13-6-4-3-5-7-13)11-26-19(15)16(10-14)21(25)22-2/h3-7,9-10,12,17-18H,8,11H2,1-2H3,(H,22,25)(H,23,24)/t12-,17?,18-/m0/s1. The van der Waals surface area contributed by atoms with Gasteiger partial charge in [-0.2, -0.15) is 0 Å². The lowest BCUT2D eigenvalue weighted by atomic mass is 9.90. The van der Waals surface area contributed by atoms with Crippen LogP contribution in [0.2, 0.25) is 0 Å². The summed E-state index contributed by atoms with van der Waals surface area (Å²) in [6.07, 6.45) is 1.01. The Morgan fingerprint density at radius 2 is 1.85 bits per heavy atom. The van der Waals surface area contributed by atoms with Crippen LogP contribution < -0.4 is 15.4 Å². The number of carbonyl (C=O) groups is 2. The van der Waals surface area contributed by atoms with Gasteiger partial charge in [-0.05, 0) is 30.0 Å². The van der Waals surface area contributed by atoms with Crippen LogP contribution in [0.5, 0.6) is 5.75 Å². The summed E-state index contributed by atoms with van der Waals surface area (Å²) < 4.78 is 5.87. The molecule has 2 aliphatic rings. The summed E-state index contributed by atoms with van der Waals surface area (Å²) in [7, 11) is 1.58. The van der Waals surface area contributed by atoms with Crippen molar-refractivity contribution in [3.05, 3.63) is 64.7 Å². The Hall–Kier alpha value is -2.82. The van der Waals surface area contributed by atoms with Crippen LogP contribution in [0, 0.1) is 5.92 Å². The predicted octanol–water partition coefficient (Wildman–Crippen LogP) is 2.71. The van der Waals surface area contributed by atoms with Gasteiger partial charge in [-0.3, -0.25) is 9.59 Å². The first kappa shape index (κ1) is 16.6. The van der Waals surface area contributed by atoms with E-state index in [-0.39, 0.29) is 23.8 Å². The highest BCUT2D eigenvalue weighted by atomic mass is 16.5. The molecule has 1 saturated carbocycles. The Morgan fingerprint density at radius 3 is 2.50 bits per heavy atom. The van der Waals surface area contributed by atoms with Crippen molar-refractivity contribution in [2.75, 3.05) is 13.7 Å². The van der Waals surface area contributed by atoms with Gasteiger partial charge in [-0.25, -0.2) is 0 Å². The van der Waals surface area contributed by atoms with Crippen LogP contribution in [0.3, 0.4) is 0 Å². The van der Waals surface area contributed by atoms with Gasteiger partial charge < -0.3 is 15.4 Å². The quantitative estimate of drug-likeness (QED) is 0.891. The van der Waals surface area contributed by atoms with Crippen molar-refractivity contribution < 1.29 is 14.3 Å². The van der Waals surface area contributed by atoms with E-state index in [9.17, 15) is 9.59 Å². The van der Waals surface area contributed by atoms with Crippen molar-refractivity contribution in [2.45, 2.75) is 25.3 Å². The van der Waals surface area contributed by atoms with Gasteiger partial charge in [0.05, 0.1) is 12.2 Å². The number of amides is 2. The summed E-state index contributed by atoms with van der Waals surface area (Å²) in [5, 5.41) is 5.68. The van der Waals surface area contributed by atoms with Gasteiger partial charge in [-0.15, -0.1) is 0 Å². The fourth-order valence-electron chi connectivity index (χ4n) is 3.50. The van der Waals surface area contributed by atoms with Crippen LogP contribution in [-0.2, 0) is 0 Å². The maximum absolute atomic E-state index is 12.7. The average Bonchev–Trinajstić information content (AvgIpc) is 3.19. The average molecular weight is 350 g/mol. The van der Waals surface area contributed by atoms with Crippen molar-refractivity contribution in [1.29, 1.82) is 0 Å². The highest BCUT2D eigenvalue weighted by Crippen LogP contribution is 2.41. The third-order valence-electron chi connectivity index (χ3n) is 5.25. The Morgan fingerprint density at radius 1 is 1.12 bits per heavy atom. The number of carbonyl (C=O) groups excluding carboxylic acids is 2. The fourth-order valence-corrected chi connectivity index (χ4v) is 3.50. The minimum atomic E-state index is -0.246. The minimum absolute atomic E-state index is 0.0159. The number of rotatable bonds is 4. The highest BCUT2D eigenvalue weighted by molar-refractivity contribution is 6.02. The second kappa shape index (κ2) is 6.48. The molecule has 0 aromatic heterocycles. The van der Waals surface area contributed by atoms with Crippen molar-refractivity contribution in [3.63, 3.8) is 0 Å². The predicted molar refractivity (Wildman–Crippen MR) is 98.6 cm³/mol. The molecule has 2 aromatic carbocycles. The largest absolute Gasteiger partial charge is 0.491 e. The van der Waals surface area contributed by atoms with E-state index in [0.29, 0.717) is 29.4 Å². The minimum Gasteiger partial charge on any atom is -0.491 e. The van der Waals surface area contributed by atoms with Crippen molar-refractivity contribution >= 4 is 11.8 Å². The van der Waals surface area contributed by atoms with E-state index in [2.05, 4.69) is 17.6 Å². The van der Waals surface area contributed by atoms with Gasteiger partial charge in [-0.1, -0.05) is 37.3 Å². The Bertz CT molecular complexity index is 863. The third kappa shape index (κ3) is 2.94.